The Labute approximate surface area is 236 Å². The maximum atomic E-state index is 13.6. The highest BCUT2D eigenvalue weighted by molar-refractivity contribution is 6.06. The molecule has 2 aliphatic rings. The number of aromatic nitrogens is 4. The zero-order chi connectivity index (χ0) is 28.7. The van der Waals surface area contributed by atoms with Gasteiger partial charge in [0.25, 0.3) is 11.8 Å². The van der Waals surface area contributed by atoms with E-state index in [-0.39, 0.29) is 36.8 Å². The molecule has 0 aliphatic carbocycles. The van der Waals surface area contributed by atoms with Gasteiger partial charge >= 0.3 is 0 Å². The summed E-state index contributed by atoms with van der Waals surface area (Å²) in [6.07, 6.45) is 3.54. The van der Waals surface area contributed by atoms with Crippen molar-refractivity contribution in [1.29, 1.82) is 0 Å². The third-order valence-corrected chi connectivity index (χ3v) is 7.24. The van der Waals surface area contributed by atoms with Crippen molar-refractivity contribution in [3.8, 4) is 28.3 Å². The highest BCUT2D eigenvalue weighted by Gasteiger charge is 2.32. The molecule has 2 aliphatic heterocycles. The number of carbonyl (C=O) groups excluding carboxylic acids is 2. The van der Waals surface area contributed by atoms with Crippen LogP contribution < -0.4 is 15.0 Å². The van der Waals surface area contributed by atoms with Crippen LogP contribution in [-0.2, 0) is 17.8 Å². The molecule has 6 rings (SSSR count). The number of amides is 2. The number of hydrogen-bond donors (Lipinski definition) is 1. The van der Waals surface area contributed by atoms with E-state index in [0.717, 1.165) is 30.4 Å². The van der Waals surface area contributed by atoms with Crippen molar-refractivity contribution in [1.82, 2.24) is 25.5 Å². The van der Waals surface area contributed by atoms with Crippen LogP contribution in [-0.4, -0.2) is 45.1 Å². The van der Waals surface area contributed by atoms with Gasteiger partial charge in [0.15, 0.2) is 6.61 Å². The maximum absolute atomic E-state index is 13.6. The monoisotopic (exact) mass is 556 g/mol. The van der Waals surface area contributed by atoms with Crippen molar-refractivity contribution >= 4 is 17.5 Å². The number of hydrogen-bond acceptors (Lipinski definition) is 8. The molecule has 3 aromatic heterocycles. The molecule has 0 bridgehead atoms. The lowest BCUT2D eigenvalue weighted by molar-refractivity contribution is -0.121. The Morgan fingerprint density at radius 3 is 2.66 bits per heavy atom. The highest BCUT2D eigenvalue weighted by atomic mass is 19.1. The molecule has 0 saturated carbocycles. The average Bonchev–Trinajstić information content (AvgIpc) is 3.38. The molecule has 10 nitrogen and oxygen atoms in total. The second kappa shape index (κ2) is 10.7. The van der Waals surface area contributed by atoms with E-state index in [9.17, 15) is 14.0 Å². The Kier molecular flexibility index (Phi) is 6.94. The van der Waals surface area contributed by atoms with Crippen molar-refractivity contribution in [3.05, 3.63) is 70.9 Å². The van der Waals surface area contributed by atoms with Crippen LogP contribution in [0.25, 0.3) is 22.6 Å². The predicted molar refractivity (Wildman–Crippen MR) is 148 cm³/mol. The quantitative estimate of drug-likeness (QED) is 0.373. The maximum Gasteiger partial charge on any atom is 0.265 e. The normalized spacial score (nSPS) is 15.1. The summed E-state index contributed by atoms with van der Waals surface area (Å²) in [6.45, 7) is 6.35. The largest absolute Gasteiger partial charge is 0.482 e. The first kappa shape index (κ1) is 26.5. The Bertz CT molecular complexity index is 1650. The summed E-state index contributed by atoms with van der Waals surface area (Å²) in [5, 5.41) is 11.4. The van der Waals surface area contributed by atoms with Crippen molar-refractivity contribution in [2.75, 3.05) is 18.1 Å². The predicted octanol–water partition coefficient (Wildman–Crippen LogP) is 4.76. The van der Waals surface area contributed by atoms with Crippen LogP contribution in [0.15, 0.2) is 40.9 Å². The molecule has 1 aromatic carbocycles. The lowest BCUT2D eigenvalue weighted by atomic mass is 9.87. The third-order valence-electron chi connectivity index (χ3n) is 7.24. The molecule has 4 aromatic rings. The van der Waals surface area contributed by atoms with Gasteiger partial charge in [-0.2, -0.15) is 0 Å². The van der Waals surface area contributed by atoms with Crippen molar-refractivity contribution in [3.63, 3.8) is 0 Å². The van der Waals surface area contributed by atoms with E-state index in [2.05, 4.69) is 20.5 Å². The van der Waals surface area contributed by atoms with Crippen molar-refractivity contribution in [2.45, 2.75) is 52.5 Å². The summed E-state index contributed by atoms with van der Waals surface area (Å²) >= 11 is 0. The number of benzene rings is 1. The standard InChI is InChI=1S/C30H29FN6O4/c1-16(2)28-27(30-36-35-17(3)41-30)25(26-21(34-28)6-4-5-11-32-29(26)39)18-7-10-22-23(12-18)40-15-24(38)37(22)14-20-9-8-19(31)13-33-20/h7-10,12-13,16H,4-6,11,14-15H2,1-3H3,(H,32,39). The Morgan fingerprint density at radius 2 is 1.93 bits per heavy atom. The van der Waals surface area contributed by atoms with Crippen LogP contribution in [0.5, 0.6) is 5.75 Å². The smallest absolute Gasteiger partial charge is 0.265 e. The van der Waals surface area contributed by atoms with E-state index >= 15 is 0 Å². The fourth-order valence-corrected chi connectivity index (χ4v) is 5.30. The van der Waals surface area contributed by atoms with Crippen LogP contribution in [0.2, 0.25) is 0 Å². The van der Waals surface area contributed by atoms with E-state index < -0.39 is 5.82 Å². The minimum Gasteiger partial charge on any atom is -0.482 e. The SMILES string of the molecule is Cc1nnc(-c2c(C(C)C)nc3c(c2-c2ccc4c(c2)OCC(=O)N4Cc2ccc(F)cn2)C(=O)NCCCC3)o1. The number of carbonyl (C=O) groups is 2. The molecule has 0 radical (unpaired) electrons. The minimum absolute atomic E-state index is 0.0000395. The van der Waals surface area contributed by atoms with Crippen molar-refractivity contribution < 1.29 is 23.1 Å². The molecule has 41 heavy (non-hydrogen) atoms. The second-order valence-electron chi connectivity index (χ2n) is 10.5. The summed E-state index contributed by atoms with van der Waals surface area (Å²) in [4.78, 5) is 37.1. The average molecular weight is 557 g/mol. The Hall–Kier alpha value is -4.67. The summed E-state index contributed by atoms with van der Waals surface area (Å²) in [5.41, 5.74) is 4.98. The number of nitrogens with one attached hydrogen (secondary N) is 1. The summed E-state index contributed by atoms with van der Waals surface area (Å²) in [5.74, 6) is 0.246. The molecular formula is C30H29FN6O4. The first-order chi connectivity index (χ1) is 19.8. The van der Waals surface area contributed by atoms with Gasteiger partial charge in [-0.05, 0) is 55.0 Å². The van der Waals surface area contributed by atoms with E-state index in [0.29, 0.717) is 58.2 Å². The number of fused-ring (bicyclic) bond motifs is 2. The van der Waals surface area contributed by atoms with Crippen LogP contribution in [0, 0.1) is 12.7 Å². The first-order valence-corrected chi connectivity index (χ1v) is 13.6. The number of nitrogens with zero attached hydrogens (tertiary/aromatic N) is 5. The van der Waals surface area contributed by atoms with Crippen LogP contribution in [0.3, 0.4) is 0 Å². The van der Waals surface area contributed by atoms with Gasteiger partial charge in [0, 0.05) is 19.0 Å². The fraction of sp³-hybridized carbons (Fsp3) is 0.333. The molecule has 0 fully saturated rings. The van der Waals surface area contributed by atoms with Gasteiger partial charge in [0.1, 0.15) is 11.6 Å². The van der Waals surface area contributed by atoms with E-state index in [4.69, 9.17) is 14.1 Å². The second-order valence-corrected chi connectivity index (χ2v) is 10.5. The molecule has 210 valence electrons. The van der Waals surface area contributed by atoms with Gasteiger partial charge in [0.05, 0.1) is 46.6 Å². The third kappa shape index (κ3) is 5.03. The Balaban J connectivity index is 1.55. The number of pyridine rings is 2. The molecule has 11 heteroatoms. The molecule has 2 amide bonds. The van der Waals surface area contributed by atoms with Gasteiger partial charge in [0.2, 0.25) is 11.8 Å². The van der Waals surface area contributed by atoms with Gasteiger partial charge in [-0.15, -0.1) is 10.2 Å². The molecule has 5 heterocycles. The summed E-state index contributed by atoms with van der Waals surface area (Å²) < 4.78 is 25.2. The van der Waals surface area contributed by atoms with Gasteiger partial charge in [-0.3, -0.25) is 24.5 Å². The number of halogens is 1. The number of rotatable bonds is 5. The topological polar surface area (TPSA) is 123 Å². The van der Waals surface area contributed by atoms with E-state index in [1.54, 1.807) is 24.0 Å². The molecule has 0 spiro atoms. The number of aryl methyl sites for hydroxylation is 2. The van der Waals surface area contributed by atoms with Gasteiger partial charge < -0.3 is 14.5 Å². The molecule has 0 unspecified atom stereocenters. The molecule has 0 saturated heterocycles. The van der Waals surface area contributed by atoms with Crippen LogP contribution >= 0.6 is 0 Å². The molecule has 1 N–H and O–H groups in total. The zero-order valence-electron chi connectivity index (χ0n) is 23.0. The van der Waals surface area contributed by atoms with Gasteiger partial charge in [-0.25, -0.2) is 4.39 Å². The molecule has 0 atom stereocenters. The first-order valence-electron chi connectivity index (χ1n) is 13.6. The molecular weight excluding hydrogens is 527 g/mol. The minimum atomic E-state index is -0.448. The van der Waals surface area contributed by atoms with Gasteiger partial charge in [-0.1, -0.05) is 19.9 Å². The Morgan fingerprint density at radius 1 is 1.07 bits per heavy atom. The number of anilines is 1. The summed E-state index contributed by atoms with van der Waals surface area (Å²) in [6, 6.07) is 8.32. The van der Waals surface area contributed by atoms with E-state index in [1.807, 2.05) is 26.0 Å². The van der Waals surface area contributed by atoms with E-state index in [1.165, 1.54) is 6.07 Å². The zero-order valence-corrected chi connectivity index (χ0v) is 23.0. The fourth-order valence-electron chi connectivity index (χ4n) is 5.30. The summed E-state index contributed by atoms with van der Waals surface area (Å²) in [7, 11) is 0. The number of ether oxygens (including phenoxy) is 1. The lowest BCUT2D eigenvalue weighted by Crippen LogP contribution is -2.38. The van der Waals surface area contributed by atoms with Crippen LogP contribution in [0.4, 0.5) is 10.1 Å². The lowest BCUT2D eigenvalue weighted by Gasteiger charge is -2.30. The van der Waals surface area contributed by atoms with Crippen molar-refractivity contribution in [2.24, 2.45) is 0 Å². The van der Waals surface area contributed by atoms with Crippen LogP contribution in [0.1, 0.15) is 65.9 Å². The highest BCUT2D eigenvalue weighted by Crippen LogP contribution is 2.44.